The Morgan fingerprint density at radius 1 is 1.44 bits per heavy atom. The van der Waals surface area contributed by atoms with E-state index in [1.54, 1.807) is 6.92 Å². The van der Waals surface area contributed by atoms with Gasteiger partial charge in [-0.3, -0.25) is 4.99 Å². The predicted molar refractivity (Wildman–Crippen MR) is 84.2 cm³/mol. The quantitative estimate of drug-likeness (QED) is 0.720. The molecule has 0 saturated carbocycles. The molecule has 1 aromatic rings. The van der Waals surface area contributed by atoms with Gasteiger partial charge in [-0.05, 0) is 25.0 Å². The number of halogens is 1. The Morgan fingerprint density at radius 3 is 2.61 bits per heavy atom. The molecule has 0 spiro atoms. The number of aliphatic imine (C=N–C) groups is 1. The fraction of sp³-hybridized carbons (Fsp3) is 0.462. The van der Waals surface area contributed by atoms with Crippen molar-refractivity contribution in [2.24, 2.45) is 4.99 Å². The van der Waals surface area contributed by atoms with Crippen LogP contribution in [-0.2, 0) is 6.54 Å². The predicted octanol–water partition coefficient (Wildman–Crippen LogP) is 1.80. The van der Waals surface area contributed by atoms with Gasteiger partial charge in [-0.2, -0.15) is 0 Å². The number of benzene rings is 1. The molecule has 0 bridgehead atoms. The summed E-state index contributed by atoms with van der Waals surface area (Å²) in [5.41, 5.74) is 2.12. The highest BCUT2D eigenvalue weighted by molar-refractivity contribution is 14.0. The molecule has 2 rings (SSSR count). The molecule has 1 aliphatic heterocycles. The molecule has 0 aliphatic carbocycles. The fourth-order valence-electron chi connectivity index (χ4n) is 1.76. The zero-order chi connectivity index (χ0) is 12.3. The highest BCUT2D eigenvalue weighted by atomic mass is 127. The maximum atomic E-state index is 9.40. The van der Waals surface area contributed by atoms with E-state index in [9.17, 15) is 5.11 Å². The molecule has 4 nitrogen and oxygen atoms in total. The first kappa shape index (κ1) is 15.2. The van der Waals surface area contributed by atoms with E-state index < -0.39 is 6.10 Å². The lowest BCUT2D eigenvalue weighted by Gasteiger charge is -2.10. The molecule has 3 N–H and O–H groups in total. The fourth-order valence-corrected chi connectivity index (χ4v) is 1.76. The van der Waals surface area contributed by atoms with Gasteiger partial charge in [-0.25, -0.2) is 0 Å². The first-order chi connectivity index (χ1) is 8.15. The minimum absolute atomic E-state index is 0. The highest BCUT2D eigenvalue weighted by Gasteiger charge is 2.11. The molecule has 0 amide bonds. The van der Waals surface area contributed by atoms with Gasteiger partial charge in [-0.15, -0.1) is 24.0 Å². The van der Waals surface area contributed by atoms with E-state index in [0.29, 0.717) is 6.04 Å². The van der Waals surface area contributed by atoms with Crippen molar-refractivity contribution >= 4 is 29.9 Å². The van der Waals surface area contributed by atoms with Crippen LogP contribution >= 0.6 is 24.0 Å². The van der Waals surface area contributed by atoms with E-state index in [0.717, 1.165) is 24.6 Å². The number of nitrogens with zero attached hydrogens (tertiary/aromatic N) is 1. The van der Waals surface area contributed by atoms with Crippen LogP contribution in [0, 0.1) is 0 Å². The van der Waals surface area contributed by atoms with Gasteiger partial charge in [0.1, 0.15) is 0 Å². The Balaban J connectivity index is 0.00000162. The first-order valence-corrected chi connectivity index (χ1v) is 5.97. The molecular formula is C13H20IN3O. The van der Waals surface area contributed by atoms with Crippen LogP contribution in [0.15, 0.2) is 29.3 Å². The van der Waals surface area contributed by atoms with Crippen LogP contribution in [0.3, 0.4) is 0 Å². The van der Waals surface area contributed by atoms with Gasteiger partial charge >= 0.3 is 0 Å². The third kappa shape index (κ3) is 4.13. The average molecular weight is 361 g/mol. The Bertz CT molecular complexity index is 403. The Hall–Kier alpha value is -0.820. The van der Waals surface area contributed by atoms with E-state index in [2.05, 4.69) is 22.5 Å². The normalized spacial score (nSPS) is 19.5. The molecule has 0 aromatic heterocycles. The number of hydrogen-bond donors (Lipinski definition) is 3. The number of aliphatic hydroxyl groups excluding tert-OH is 1. The lowest BCUT2D eigenvalue weighted by atomic mass is 10.1. The van der Waals surface area contributed by atoms with Gasteiger partial charge < -0.3 is 15.7 Å². The maximum Gasteiger partial charge on any atom is 0.191 e. The third-order valence-corrected chi connectivity index (χ3v) is 2.83. The van der Waals surface area contributed by atoms with Crippen molar-refractivity contribution in [3.05, 3.63) is 35.4 Å². The van der Waals surface area contributed by atoms with E-state index in [1.807, 2.05) is 24.3 Å². The van der Waals surface area contributed by atoms with Gasteiger partial charge in [0, 0.05) is 12.6 Å². The van der Waals surface area contributed by atoms with E-state index >= 15 is 0 Å². The topological polar surface area (TPSA) is 56.7 Å². The van der Waals surface area contributed by atoms with Crippen molar-refractivity contribution in [3.8, 4) is 0 Å². The molecule has 5 heteroatoms. The summed E-state index contributed by atoms with van der Waals surface area (Å²) in [7, 11) is 0. The van der Waals surface area contributed by atoms with E-state index in [4.69, 9.17) is 0 Å². The number of hydrogen-bond acceptors (Lipinski definition) is 4. The molecule has 1 aromatic carbocycles. The molecule has 1 aliphatic rings. The summed E-state index contributed by atoms with van der Waals surface area (Å²) in [6.45, 7) is 5.46. The average Bonchev–Trinajstić information content (AvgIpc) is 2.73. The van der Waals surface area contributed by atoms with Crippen LogP contribution in [0.25, 0.3) is 0 Å². The molecule has 0 radical (unpaired) electrons. The van der Waals surface area contributed by atoms with Crippen molar-refractivity contribution in [2.75, 3.05) is 6.54 Å². The smallest absolute Gasteiger partial charge is 0.191 e. The summed E-state index contributed by atoms with van der Waals surface area (Å²) in [6, 6.07) is 8.37. The molecule has 0 saturated heterocycles. The SMILES string of the molecule is CC1CN=C(NCc2ccc(C(C)O)cc2)N1.I. The Morgan fingerprint density at radius 2 is 2.11 bits per heavy atom. The van der Waals surface area contributed by atoms with E-state index in [-0.39, 0.29) is 24.0 Å². The molecule has 2 unspecified atom stereocenters. The van der Waals surface area contributed by atoms with Crippen molar-refractivity contribution in [1.82, 2.24) is 10.6 Å². The second-order valence-electron chi connectivity index (χ2n) is 4.51. The standard InChI is InChI=1S/C13H19N3O.HI/c1-9-7-14-13(16-9)15-8-11-3-5-12(6-4-11)10(2)17;/h3-6,9-10,17H,7-8H2,1-2H3,(H2,14,15,16);1H. The summed E-state index contributed by atoms with van der Waals surface area (Å²) in [4.78, 5) is 4.33. The summed E-state index contributed by atoms with van der Waals surface area (Å²) in [5.74, 6) is 0.872. The number of nitrogens with one attached hydrogen (secondary N) is 2. The zero-order valence-electron chi connectivity index (χ0n) is 10.7. The molecule has 0 fully saturated rings. The third-order valence-electron chi connectivity index (χ3n) is 2.83. The monoisotopic (exact) mass is 361 g/mol. The molecule has 100 valence electrons. The largest absolute Gasteiger partial charge is 0.389 e. The van der Waals surface area contributed by atoms with Gasteiger partial charge in [0.25, 0.3) is 0 Å². The second-order valence-corrected chi connectivity index (χ2v) is 4.51. The van der Waals surface area contributed by atoms with Crippen molar-refractivity contribution < 1.29 is 5.11 Å². The summed E-state index contributed by atoms with van der Waals surface area (Å²) < 4.78 is 0. The van der Waals surface area contributed by atoms with Crippen LogP contribution in [0.2, 0.25) is 0 Å². The van der Waals surface area contributed by atoms with Crippen LogP contribution < -0.4 is 10.6 Å². The maximum absolute atomic E-state index is 9.40. The Labute approximate surface area is 125 Å². The van der Waals surface area contributed by atoms with Crippen LogP contribution in [0.5, 0.6) is 0 Å². The van der Waals surface area contributed by atoms with Crippen LogP contribution in [0.4, 0.5) is 0 Å². The number of rotatable bonds is 3. The highest BCUT2D eigenvalue weighted by Crippen LogP contribution is 2.12. The summed E-state index contributed by atoms with van der Waals surface area (Å²) in [5, 5.41) is 15.9. The molecule has 18 heavy (non-hydrogen) atoms. The lowest BCUT2D eigenvalue weighted by Crippen LogP contribution is -2.37. The second kappa shape index (κ2) is 6.94. The van der Waals surface area contributed by atoms with Crippen molar-refractivity contribution in [3.63, 3.8) is 0 Å². The van der Waals surface area contributed by atoms with Gasteiger partial charge in [0.15, 0.2) is 5.96 Å². The van der Waals surface area contributed by atoms with Crippen LogP contribution in [-0.4, -0.2) is 23.7 Å². The van der Waals surface area contributed by atoms with Crippen molar-refractivity contribution in [1.29, 1.82) is 0 Å². The van der Waals surface area contributed by atoms with Crippen molar-refractivity contribution in [2.45, 2.75) is 32.5 Å². The summed E-state index contributed by atoms with van der Waals surface area (Å²) >= 11 is 0. The van der Waals surface area contributed by atoms with Gasteiger partial charge in [-0.1, -0.05) is 24.3 Å². The van der Waals surface area contributed by atoms with E-state index in [1.165, 1.54) is 5.56 Å². The molecule has 1 heterocycles. The summed E-state index contributed by atoms with van der Waals surface area (Å²) in [6.07, 6.45) is -0.404. The Kier molecular flexibility index (Phi) is 5.87. The zero-order valence-corrected chi connectivity index (χ0v) is 13.0. The lowest BCUT2D eigenvalue weighted by molar-refractivity contribution is 0.199. The van der Waals surface area contributed by atoms with Crippen LogP contribution in [0.1, 0.15) is 31.1 Å². The molecule has 2 atom stereocenters. The molecular weight excluding hydrogens is 341 g/mol. The number of aliphatic hydroxyl groups is 1. The van der Waals surface area contributed by atoms with Gasteiger partial charge in [0.05, 0.1) is 12.6 Å². The minimum atomic E-state index is -0.404. The minimum Gasteiger partial charge on any atom is -0.389 e. The van der Waals surface area contributed by atoms with Gasteiger partial charge in [0.2, 0.25) is 0 Å². The number of guanidine groups is 1. The first-order valence-electron chi connectivity index (χ1n) is 5.97.